The van der Waals surface area contributed by atoms with E-state index in [1.165, 1.54) is 6.42 Å². The summed E-state index contributed by atoms with van der Waals surface area (Å²) < 4.78 is 16.4. The Hall–Kier alpha value is -1.26. The largest absolute Gasteiger partial charge is 0.496 e. The van der Waals surface area contributed by atoms with Crippen LogP contribution >= 0.6 is 0 Å². The van der Waals surface area contributed by atoms with Crippen LogP contribution in [0.25, 0.3) is 0 Å². The lowest BCUT2D eigenvalue weighted by molar-refractivity contribution is 0.179. The summed E-state index contributed by atoms with van der Waals surface area (Å²) in [4.78, 5) is 0. The second-order valence-corrected chi connectivity index (χ2v) is 5.11. The van der Waals surface area contributed by atoms with Gasteiger partial charge < -0.3 is 19.9 Å². The van der Waals surface area contributed by atoms with Crippen molar-refractivity contribution in [3.05, 3.63) is 23.3 Å². The summed E-state index contributed by atoms with van der Waals surface area (Å²) in [5, 5.41) is 0. The summed E-state index contributed by atoms with van der Waals surface area (Å²) >= 11 is 0. The molecule has 4 heteroatoms. The number of benzene rings is 1. The van der Waals surface area contributed by atoms with Crippen molar-refractivity contribution in [3.63, 3.8) is 0 Å². The number of nitrogens with two attached hydrogens (primary N) is 1. The minimum atomic E-state index is 0.000435. The summed E-state index contributed by atoms with van der Waals surface area (Å²) in [6.07, 6.45) is 3.39. The smallest absolute Gasteiger partial charge is 0.131 e. The third-order valence-corrected chi connectivity index (χ3v) is 4.16. The van der Waals surface area contributed by atoms with Crippen LogP contribution in [0, 0.1) is 0 Å². The van der Waals surface area contributed by atoms with Gasteiger partial charge in [0, 0.05) is 30.2 Å². The standard InChI is InChI=1S/C15H23NO3/c1-17-9-11-5-6-12(18-2)13(14(11)19-3)15(10-16)7-4-8-15/h5-6H,4,7-10,16H2,1-3H3. The van der Waals surface area contributed by atoms with E-state index in [1.807, 2.05) is 12.1 Å². The first-order valence-electron chi connectivity index (χ1n) is 6.65. The molecule has 0 radical (unpaired) electrons. The Balaban J connectivity index is 2.57. The molecule has 0 spiro atoms. The number of rotatable bonds is 6. The lowest BCUT2D eigenvalue weighted by atomic mass is 9.63. The molecule has 1 aliphatic carbocycles. The van der Waals surface area contributed by atoms with Crippen LogP contribution in [0.1, 0.15) is 30.4 Å². The second-order valence-electron chi connectivity index (χ2n) is 5.11. The van der Waals surface area contributed by atoms with Crippen LogP contribution < -0.4 is 15.2 Å². The topological polar surface area (TPSA) is 53.7 Å². The molecule has 1 aliphatic rings. The maximum Gasteiger partial charge on any atom is 0.131 e. The quantitative estimate of drug-likeness (QED) is 0.857. The monoisotopic (exact) mass is 265 g/mol. The zero-order valence-corrected chi connectivity index (χ0v) is 12.0. The highest BCUT2D eigenvalue weighted by Gasteiger charge is 2.42. The third kappa shape index (κ3) is 2.30. The fraction of sp³-hybridized carbons (Fsp3) is 0.600. The zero-order chi connectivity index (χ0) is 13.9. The summed E-state index contributed by atoms with van der Waals surface area (Å²) in [6, 6.07) is 3.98. The van der Waals surface area contributed by atoms with E-state index in [2.05, 4.69) is 0 Å². The fourth-order valence-corrected chi connectivity index (χ4v) is 2.94. The third-order valence-electron chi connectivity index (χ3n) is 4.16. The second kappa shape index (κ2) is 5.80. The minimum Gasteiger partial charge on any atom is -0.496 e. The van der Waals surface area contributed by atoms with E-state index >= 15 is 0 Å². The van der Waals surface area contributed by atoms with Crippen LogP contribution in [0.5, 0.6) is 11.5 Å². The van der Waals surface area contributed by atoms with Gasteiger partial charge >= 0.3 is 0 Å². The fourth-order valence-electron chi connectivity index (χ4n) is 2.94. The molecule has 0 unspecified atom stereocenters. The van der Waals surface area contributed by atoms with Crippen LogP contribution in [-0.2, 0) is 16.8 Å². The van der Waals surface area contributed by atoms with E-state index in [1.54, 1.807) is 21.3 Å². The number of hydrogen-bond donors (Lipinski definition) is 1. The Kier molecular flexibility index (Phi) is 4.32. The van der Waals surface area contributed by atoms with Crippen LogP contribution in [0.3, 0.4) is 0 Å². The van der Waals surface area contributed by atoms with Crippen molar-refractivity contribution in [1.82, 2.24) is 0 Å². The average Bonchev–Trinajstić information content (AvgIpc) is 2.39. The maximum absolute atomic E-state index is 6.03. The molecule has 0 aliphatic heterocycles. The van der Waals surface area contributed by atoms with Crippen LogP contribution in [0.15, 0.2) is 12.1 Å². The number of ether oxygens (including phenoxy) is 3. The zero-order valence-electron chi connectivity index (χ0n) is 12.0. The van der Waals surface area contributed by atoms with Crippen LogP contribution in [0.4, 0.5) is 0 Å². The van der Waals surface area contributed by atoms with Gasteiger partial charge in [-0.15, -0.1) is 0 Å². The predicted octanol–water partition coefficient (Wildman–Crippen LogP) is 2.23. The van der Waals surface area contributed by atoms with E-state index < -0.39 is 0 Å². The van der Waals surface area contributed by atoms with Crippen molar-refractivity contribution in [3.8, 4) is 11.5 Å². The van der Waals surface area contributed by atoms with E-state index in [0.29, 0.717) is 13.2 Å². The highest BCUT2D eigenvalue weighted by atomic mass is 16.5. The molecule has 0 aromatic heterocycles. The van der Waals surface area contributed by atoms with Crippen molar-refractivity contribution in [2.45, 2.75) is 31.3 Å². The molecule has 0 atom stereocenters. The molecular weight excluding hydrogens is 242 g/mol. The van der Waals surface area contributed by atoms with Crippen molar-refractivity contribution in [1.29, 1.82) is 0 Å². The molecule has 0 amide bonds. The molecule has 2 N–H and O–H groups in total. The Bertz CT molecular complexity index is 436. The van der Waals surface area contributed by atoms with Crippen molar-refractivity contribution in [2.75, 3.05) is 27.9 Å². The van der Waals surface area contributed by atoms with Gasteiger partial charge in [0.15, 0.2) is 0 Å². The molecule has 106 valence electrons. The lowest BCUT2D eigenvalue weighted by Gasteiger charge is -2.43. The first-order chi connectivity index (χ1) is 9.22. The SMILES string of the molecule is COCc1ccc(OC)c(C2(CN)CCC2)c1OC. The van der Waals surface area contributed by atoms with Gasteiger partial charge in [-0.25, -0.2) is 0 Å². The van der Waals surface area contributed by atoms with Gasteiger partial charge in [0.2, 0.25) is 0 Å². The molecule has 1 aromatic carbocycles. The Morgan fingerprint density at radius 1 is 1.16 bits per heavy atom. The first-order valence-corrected chi connectivity index (χ1v) is 6.65. The summed E-state index contributed by atoms with van der Waals surface area (Å²) in [7, 11) is 5.07. The summed E-state index contributed by atoms with van der Waals surface area (Å²) in [5.41, 5.74) is 8.18. The first kappa shape index (κ1) is 14.2. The van der Waals surface area contributed by atoms with Crippen molar-refractivity contribution in [2.24, 2.45) is 5.73 Å². The summed E-state index contributed by atoms with van der Waals surface area (Å²) in [5.74, 6) is 1.73. The molecule has 0 heterocycles. The van der Waals surface area contributed by atoms with E-state index in [-0.39, 0.29) is 5.41 Å². The van der Waals surface area contributed by atoms with E-state index in [0.717, 1.165) is 35.5 Å². The molecular formula is C15H23NO3. The minimum absolute atomic E-state index is 0.000435. The Morgan fingerprint density at radius 3 is 2.32 bits per heavy atom. The van der Waals surface area contributed by atoms with E-state index in [9.17, 15) is 0 Å². The van der Waals surface area contributed by atoms with Gasteiger partial charge in [0.25, 0.3) is 0 Å². The van der Waals surface area contributed by atoms with Gasteiger partial charge in [-0.2, -0.15) is 0 Å². The molecule has 0 saturated heterocycles. The van der Waals surface area contributed by atoms with E-state index in [4.69, 9.17) is 19.9 Å². The van der Waals surface area contributed by atoms with Gasteiger partial charge in [-0.3, -0.25) is 0 Å². The van der Waals surface area contributed by atoms with Crippen LogP contribution in [-0.4, -0.2) is 27.9 Å². The average molecular weight is 265 g/mol. The molecule has 4 nitrogen and oxygen atoms in total. The van der Waals surface area contributed by atoms with Gasteiger partial charge in [0.05, 0.1) is 20.8 Å². The van der Waals surface area contributed by atoms with Gasteiger partial charge in [-0.05, 0) is 25.0 Å². The molecule has 19 heavy (non-hydrogen) atoms. The van der Waals surface area contributed by atoms with Crippen molar-refractivity contribution >= 4 is 0 Å². The van der Waals surface area contributed by atoms with Gasteiger partial charge in [0.1, 0.15) is 11.5 Å². The predicted molar refractivity (Wildman–Crippen MR) is 74.8 cm³/mol. The molecule has 1 fully saturated rings. The number of hydrogen-bond acceptors (Lipinski definition) is 4. The van der Waals surface area contributed by atoms with Gasteiger partial charge in [-0.1, -0.05) is 6.42 Å². The number of methoxy groups -OCH3 is 3. The molecule has 0 bridgehead atoms. The lowest BCUT2D eigenvalue weighted by Crippen LogP contribution is -2.42. The highest BCUT2D eigenvalue weighted by Crippen LogP contribution is 2.51. The maximum atomic E-state index is 6.03. The Labute approximate surface area is 114 Å². The normalized spacial score (nSPS) is 16.8. The van der Waals surface area contributed by atoms with Crippen LogP contribution in [0.2, 0.25) is 0 Å². The van der Waals surface area contributed by atoms with Crippen molar-refractivity contribution < 1.29 is 14.2 Å². The highest BCUT2D eigenvalue weighted by molar-refractivity contribution is 5.55. The molecule has 1 aromatic rings. The molecule has 2 rings (SSSR count). The Morgan fingerprint density at radius 2 is 1.89 bits per heavy atom. The summed E-state index contributed by atoms with van der Waals surface area (Å²) in [6.45, 7) is 1.15. The molecule has 1 saturated carbocycles.